The maximum Gasteiger partial charge on any atom is 0.0976 e. The predicted octanol–water partition coefficient (Wildman–Crippen LogP) is -0.126. The van der Waals surface area contributed by atoms with Crippen molar-refractivity contribution in [1.29, 1.82) is 0 Å². The van der Waals surface area contributed by atoms with Gasteiger partial charge in [0, 0.05) is 12.1 Å². The number of rotatable bonds is 0. The fraction of sp³-hybridized carbons (Fsp3) is 1.00. The van der Waals surface area contributed by atoms with Crippen molar-refractivity contribution in [2.75, 3.05) is 6.61 Å². The molecule has 1 saturated heterocycles. The van der Waals surface area contributed by atoms with E-state index in [1.165, 1.54) is 0 Å². The smallest absolute Gasteiger partial charge is 0.0976 e. The van der Waals surface area contributed by atoms with E-state index in [0.717, 1.165) is 6.42 Å². The Bertz CT molecular complexity index is 125. The summed E-state index contributed by atoms with van der Waals surface area (Å²) in [6.45, 7) is 4.36. The maximum absolute atomic E-state index is 9.46. The van der Waals surface area contributed by atoms with Crippen LogP contribution in [0, 0.1) is 0 Å². The summed E-state index contributed by atoms with van der Waals surface area (Å²) < 4.78 is 5.20. The Kier molecular flexibility index (Phi) is 1.99. The van der Waals surface area contributed by atoms with Gasteiger partial charge < -0.3 is 15.6 Å². The van der Waals surface area contributed by atoms with E-state index in [9.17, 15) is 5.11 Å². The minimum absolute atomic E-state index is 0.122. The fourth-order valence-electron chi connectivity index (χ4n) is 1.24. The van der Waals surface area contributed by atoms with Gasteiger partial charge in [-0.05, 0) is 20.3 Å². The standard InChI is InChI=1S/C7H15NO2/c1-5-6(9)7(2,8)3-4-10-5/h5-6,9H,3-4,8H2,1-2H3/t5-,6+,7-/m0/s1. The summed E-state index contributed by atoms with van der Waals surface area (Å²) in [7, 11) is 0. The van der Waals surface area contributed by atoms with Crippen LogP contribution in [-0.2, 0) is 4.74 Å². The van der Waals surface area contributed by atoms with Crippen molar-refractivity contribution in [1.82, 2.24) is 0 Å². The van der Waals surface area contributed by atoms with Gasteiger partial charge in [-0.2, -0.15) is 0 Å². The van der Waals surface area contributed by atoms with E-state index in [1.54, 1.807) is 0 Å². The lowest BCUT2D eigenvalue weighted by Crippen LogP contribution is -2.57. The molecule has 3 nitrogen and oxygen atoms in total. The molecule has 0 radical (unpaired) electrons. The quantitative estimate of drug-likeness (QED) is 0.499. The van der Waals surface area contributed by atoms with Gasteiger partial charge in [0.1, 0.15) is 0 Å². The predicted molar refractivity (Wildman–Crippen MR) is 38.6 cm³/mol. The molecular weight excluding hydrogens is 130 g/mol. The van der Waals surface area contributed by atoms with Crippen molar-refractivity contribution in [3.63, 3.8) is 0 Å². The van der Waals surface area contributed by atoms with E-state index >= 15 is 0 Å². The van der Waals surface area contributed by atoms with Crippen molar-refractivity contribution in [2.24, 2.45) is 5.73 Å². The van der Waals surface area contributed by atoms with Crippen LogP contribution in [0.2, 0.25) is 0 Å². The van der Waals surface area contributed by atoms with Crippen LogP contribution in [0.1, 0.15) is 20.3 Å². The molecule has 0 amide bonds. The van der Waals surface area contributed by atoms with Gasteiger partial charge in [0.2, 0.25) is 0 Å². The first kappa shape index (κ1) is 7.98. The van der Waals surface area contributed by atoms with Gasteiger partial charge in [-0.3, -0.25) is 0 Å². The van der Waals surface area contributed by atoms with E-state index in [2.05, 4.69) is 0 Å². The SMILES string of the molecule is C[C@@H]1OCC[C@](C)(N)[C@@H]1O. The highest BCUT2D eigenvalue weighted by atomic mass is 16.5. The van der Waals surface area contributed by atoms with Crippen LogP contribution < -0.4 is 5.73 Å². The Morgan fingerprint density at radius 1 is 1.70 bits per heavy atom. The third-order valence-corrected chi connectivity index (χ3v) is 2.14. The van der Waals surface area contributed by atoms with E-state index in [-0.39, 0.29) is 6.10 Å². The highest BCUT2D eigenvalue weighted by Gasteiger charge is 2.36. The maximum atomic E-state index is 9.46. The Morgan fingerprint density at radius 2 is 2.30 bits per heavy atom. The van der Waals surface area contributed by atoms with Crippen molar-refractivity contribution < 1.29 is 9.84 Å². The zero-order valence-electron chi connectivity index (χ0n) is 6.50. The van der Waals surface area contributed by atoms with Gasteiger partial charge in [0.05, 0.1) is 12.2 Å². The molecule has 0 aromatic heterocycles. The normalized spacial score (nSPS) is 49.2. The summed E-state index contributed by atoms with van der Waals surface area (Å²) in [6.07, 6.45) is 0.0865. The van der Waals surface area contributed by atoms with Gasteiger partial charge in [0.25, 0.3) is 0 Å². The average molecular weight is 145 g/mol. The summed E-state index contributed by atoms with van der Waals surface area (Å²) in [5, 5.41) is 9.46. The molecule has 1 aliphatic rings. The lowest BCUT2D eigenvalue weighted by Gasteiger charge is -2.38. The summed E-state index contributed by atoms with van der Waals surface area (Å²) in [5.41, 5.74) is 5.32. The molecule has 10 heavy (non-hydrogen) atoms. The Balaban J connectivity index is 2.60. The molecule has 3 N–H and O–H groups in total. The molecule has 1 rings (SSSR count). The third-order valence-electron chi connectivity index (χ3n) is 2.14. The summed E-state index contributed by atoms with van der Waals surface area (Å²) in [6, 6.07) is 0. The van der Waals surface area contributed by atoms with E-state index in [1.807, 2.05) is 13.8 Å². The zero-order chi connectivity index (χ0) is 7.78. The second-order valence-electron chi connectivity index (χ2n) is 3.28. The van der Waals surface area contributed by atoms with Crippen molar-refractivity contribution in [3.8, 4) is 0 Å². The zero-order valence-corrected chi connectivity index (χ0v) is 6.50. The van der Waals surface area contributed by atoms with Crippen molar-refractivity contribution in [2.45, 2.75) is 38.0 Å². The number of hydrogen-bond acceptors (Lipinski definition) is 3. The van der Waals surface area contributed by atoms with Gasteiger partial charge in [-0.1, -0.05) is 0 Å². The first-order chi connectivity index (χ1) is 4.54. The monoisotopic (exact) mass is 145 g/mol. The summed E-state index contributed by atoms with van der Waals surface area (Å²) in [4.78, 5) is 0. The first-order valence-electron chi connectivity index (χ1n) is 3.62. The molecule has 0 unspecified atom stereocenters. The highest BCUT2D eigenvalue weighted by molar-refractivity contribution is 4.93. The molecule has 60 valence electrons. The van der Waals surface area contributed by atoms with Gasteiger partial charge in [0.15, 0.2) is 0 Å². The lowest BCUT2D eigenvalue weighted by atomic mass is 9.87. The molecule has 3 atom stereocenters. The molecule has 0 bridgehead atoms. The van der Waals surface area contributed by atoms with Crippen molar-refractivity contribution in [3.05, 3.63) is 0 Å². The lowest BCUT2D eigenvalue weighted by molar-refractivity contribution is -0.101. The molecule has 1 fully saturated rings. The Morgan fingerprint density at radius 3 is 2.70 bits per heavy atom. The number of nitrogens with two attached hydrogens (primary N) is 1. The molecule has 3 heteroatoms. The molecular formula is C7H15NO2. The number of aliphatic hydroxyl groups excluding tert-OH is 1. The fourth-order valence-corrected chi connectivity index (χ4v) is 1.24. The topological polar surface area (TPSA) is 55.5 Å². The van der Waals surface area contributed by atoms with Crippen LogP contribution in [-0.4, -0.2) is 29.5 Å². The summed E-state index contributed by atoms with van der Waals surface area (Å²) >= 11 is 0. The van der Waals surface area contributed by atoms with E-state index in [0.29, 0.717) is 6.61 Å². The molecule has 1 heterocycles. The van der Waals surface area contributed by atoms with Crippen LogP contribution in [0.3, 0.4) is 0 Å². The van der Waals surface area contributed by atoms with Crippen LogP contribution in [0.5, 0.6) is 0 Å². The molecule has 0 aromatic rings. The van der Waals surface area contributed by atoms with Crippen LogP contribution in [0.4, 0.5) is 0 Å². The van der Waals surface area contributed by atoms with Gasteiger partial charge >= 0.3 is 0 Å². The minimum atomic E-state index is -0.527. The second-order valence-corrected chi connectivity index (χ2v) is 3.28. The van der Waals surface area contributed by atoms with E-state index in [4.69, 9.17) is 10.5 Å². The molecule has 0 aromatic carbocycles. The van der Waals surface area contributed by atoms with E-state index < -0.39 is 11.6 Å². The Hall–Kier alpha value is -0.120. The number of aliphatic hydroxyl groups is 1. The third kappa shape index (κ3) is 1.31. The first-order valence-corrected chi connectivity index (χ1v) is 3.62. The molecule has 0 saturated carbocycles. The van der Waals surface area contributed by atoms with Crippen LogP contribution in [0.25, 0.3) is 0 Å². The average Bonchev–Trinajstić information content (AvgIpc) is 1.83. The van der Waals surface area contributed by atoms with Crippen molar-refractivity contribution >= 4 is 0 Å². The number of ether oxygens (including phenoxy) is 1. The minimum Gasteiger partial charge on any atom is -0.389 e. The highest BCUT2D eigenvalue weighted by Crippen LogP contribution is 2.21. The van der Waals surface area contributed by atoms with Gasteiger partial charge in [-0.15, -0.1) is 0 Å². The second kappa shape index (κ2) is 2.49. The van der Waals surface area contributed by atoms with Crippen LogP contribution in [0.15, 0.2) is 0 Å². The summed E-state index contributed by atoms with van der Waals surface area (Å²) in [5.74, 6) is 0. The molecule has 0 aliphatic carbocycles. The number of hydrogen-bond donors (Lipinski definition) is 2. The molecule has 1 aliphatic heterocycles. The Labute approximate surface area is 61.2 Å². The van der Waals surface area contributed by atoms with Gasteiger partial charge in [-0.25, -0.2) is 0 Å². The van der Waals surface area contributed by atoms with Crippen LogP contribution >= 0.6 is 0 Å². The largest absolute Gasteiger partial charge is 0.389 e. The molecule has 0 spiro atoms.